The third kappa shape index (κ3) is 4.83. The summed E-state index contributed by atoms with van der Waals surface area (Å²) in [4.78, 5) is 53.5. The van der Waals surface area contributed by atoms with Crippen molar-refractivity contribution in [2.24, 2.45) is 0 Å². The van der Waals surface area contributed by atoms with Gasteiger partial charge < -0.3 is 19.7 Å². The van der Waals surface area contributed by atoms with Crippen molar-refractivity contribution < 1.29 is 28.7 Å². The summed E-state index contributed by atoms with van der Waals surface area (Å²) in [6, 6.07) is 6.89. The minimum atomic E-state index is -0.675. The number of nitrogens with one attached hydrogen (secondary N) is 1. The highest BCUT2D eigenvalue weighted by molar-refractivity contribution is 8.14. The second-order valence-corrected chi connectivity index (χ2v) is 8.72. The third-order valence-corrected chi connectivity index (χ3v) is 6.67. The van der Waals surface area contributed by atoms with Gasteiger partial charge in [0.2, 0.25) is 17.9 Å². The minimum Gasteiger partial charge on any atom is -0.485 e. The number of benzene rings is 1. The number of hydrogen-bond acceptors (Lipinski definition) is 8. The van der Waals surface area contributed by atoms with Gasteiger partial charge in [0.1, 0.15) is 6.61 Å². The Morgan fingerprint density at radius 2 is 1.88 bits per heavy atom. The van der Waals surface area contributed by atoms with E-state index in [2.05, 4.69) is 5.32 Å². The van der Waals surface area contributed by atoms with Crippen molar-refractivity contribution in [2.45, 2.75) is 19.1 Å². The van der Waals surface area contributed by atoms with Crippen molar-refractivity contribution in [1.29, 1.82) is 0 Å². The molecule has 2 fully saturated rings. The first-order valence-electron chi connectivity index (χ1n) is 10.6. The van der Waals surface area contributed by atoms with Crippen LogP contribution in [0.1, 0.15) is 6.92 Å². The fraction of sp³-hybridized carbons (Fsp3) is 0.524. The number of carbonyl (C=O) groups is 4. The fourth-order valence-electron chi connectivity index (χ4n) is 3.88. The van der Waals surface area contributed by atoms with Crippen molar-refractivity contribution in [3.05, 3.63) is 24.3 Å². The molecule has 1 N–H and O–H groups in total. The highest BCUT2D eigenvalue weighted by atomic mass is 32.2. The quantitative estimate of drug-likeness (QED) is 0.638. The maximum absolute atomic E-state index is 12.9. The van der Waals surface area contributed by atoms with E-state index in [4.69, 9.17) is 9.47 Å². The van der Waals surface area contributed by atoms with Gasteiger partial charge in [-0.3, -0.25) is 29.0 Å². The number of hydrogen-bond donors (Lipinski definition) is 1. The van der Waals surface area contributed by atoms with E-state index >= 15 is 0 Å². The molecule has 3 heterocycles. The van der Waals surface area contributed by atoms with Crippen LogP contribution in [0.2, 0.25) is 0 Å². The van der Waals surface area contributed by atoms with E-state index in [1.54, 1.807) is 17.0 Å². The van der Waals surface area contributed by atoms with Gasteiger partial charge >= 0.3 is 0 Å². The zero-order valence-electron chi connectivity index (χ0n) is 17.8. The summed E-state index contributed by atoms with van der Waals surface area (Å²) < 4.78 is 11.5. The topological polar surface area (TPSA) is 108 Å². The Balaban J connectivity index is 1.21. The van der Waals surface area contributed by atoms with Crippen LogP contribution in [0.25, 0.3) is 0 Å². The first-order chi connectivity index (χ1) is 15.4. The molecule has 0 aliphatic carbocycles. The Morgan fingerprint density at radius 1 is 1.16 bits per heavy atom. The number of carbonyl (C=O) groups excluding carboxylic acids is 4. The lowest BCUT2D eigenvalue weighted by Gasteiger charge is -2.39. The summed E-state index contributed by atoms with van der Waals surface area (Å²) in [5.74, 6) is 0.858. The largest absolute Gasteiger partial charge is 0.485 e. The number of imide groups is 1. The number of para-hydroxylation sites is 2. The summed E-state index contributed by atoms with van der Waals surface area (Å²) in [6.07, 6.45) is -0.675. The summed E-state index contributed by atoms with van der Waals surface area (Å²) >= 11 is 0.978. The zero-order chi connectivity index (χ0) is 22.7. The summed E-state index contributed by atoms with van der Waals surface area (Å²) in [5, 5.41) is 2.52. The Kier molecular flexibility index (Phi) is 6.85. The molecule has 0 unspecified atom stereocenters. The number of ether oxygens (including phenoxy) is 2. The van der Waals surface area contributed by atoms with E-state index in [-0.39, 0.29) is 54.5 Å². The van der Waals surface area contributed by atoms with Gasteiger partial charge in [-0.05, 0) is 19.1 Å². The number of thioether (sulfide) groups is 1. The molecule has 1 aromatic carbocycles. The average molecular weight is 463 g/mol. The van der Waals surface area contributed by atoms with Gasteiger partial charge in [0, 0.05) is 39.3 Å². The van der Waals surface area contributed by atoms with Crippen LogP contribution >= 0.6 is 11.8 Å². The third-order valence-electron chi connectivity index (χ3n) is 5.81. The van der Waals surface area contributed by atoms with E-state index in [9.17, 15) is 19.2 Å². The van der Waals surface area contributed by atoms with Crippen LogP contribution in [0.15, 0.2) is 24.3 Å². The number of piperazine rings is 1. The fourth-order valence-corrected chi connectivity index (χ4v) is 4.63. The number of amides is 4. The molecule has 4 rings (SSSR count). The summed E-state index contributed by atoms with van der Waals surface area (Å²) in [5.41, 5.74) is 0. The van der Waals surface area contributed by atoms with Crippen LogP contribution in [0.4, 0.5) is 4.79 Å². The van der Waals surface area contributed by atoms with Crippen LogP contribution in [0.5, 0.6) is 11.5 Å². The average Bonchev–Trinajstić information content (AvgIpc) is 3.15. The van der Waals surface area contributed by atoms with E-state index in [1.807, 2.05) is 24.0 Å². The highest BCUT2D eigenvalue weighted by Crippen LogP contribution is 2.31. The highest BCUT2D eigenvalue weighted by Gasteiger charge is 2.34. The van der Waals surface area contributed by atoms with Gasteiger partial charge in [-0.25, -0.2) is 0 Å². The predicted octanol–water partition coefficient (Wildman–Crippen LogP) is 0.171. The normalized spacial score (nSPS) is 22.1. The van der Waals surface area contributed by atoms with Crippen molar-refractivity contribution in [1.82, 2.24) is 20.0 Å². The van der Waals surface area contributed by atoms with Crippen LogP contribution < -0.4 is 14.8 Å². The van der Waals surface area contributed by atoms with Crippen LogP contribution in [0.3, 0.4) is 0 Å². The van der Waals surface area contributed by atoms with Crippen molar-refractivity contribution >= 4 is 34.7 Å². The molecule has 2 atom stereocenters. The Labute approximate surface area is 190 Å². The Bertz CT molecular complexity index is 888. The minimum absolute atomic E-state index is 0.117. The van der Waals surface area contributed by atoms with Crippen LogP contribution in [-0.2, 0) is 14.4 Å². The first-order valence-corrected chi connectivity index (χ1v) is 11.6. The summed E-state index contributed by atoms with van der Waals surface area (Å²) in [6.45, 7) is 4.49. The van der Waals surface area contributed by atoms with Gasteiger partial charge in [0.15, 0.2) is 11.5 Å². The van der Waals surface area contributed by atoms with Crippen LogP contribution in [0, 0.1) is 0 Å². The predicted molar refractivity (Wildman–Crippen MR) is 117 cm³/mol. The van der Waals surface area contributed by atoms with Crippen molar-refractivity contribution in [3.63, 3.8) is 0 Å². The van der Waals surface area contributed by atoms with Gasteiger partial charge in [0.25, 0.3) is 11.1 Å². The molecular weight excluding hydrogens is 436 g/mol. The number of nitrogens with zero attached hydrogens (tertiary/aromatic N) is 3. The molecule has 0 spiro atoms. The molecule has 0 bridgehead atoms. The second kappa shape index (κ2) is 9.78. The van der Waals surface area contributed by atoms with Gasteiger partial charge in [-0.1, -0.05) is 23.9 Å². The molecule has 0 saturated carbocycles. The maximum atomic E-state index is 12.9. The van der Waals surface area contributed by atoms with Gasteiger partial charge in [-0.15, -0.1) is 0 Å². The van der Waals surface area contributed by atoms with E-state index in [1.165, 1.54) is 0 Å². The van der Waals surface area contributed by atoms with Gasteiger partial charge in [0.05, 0.1) is 11.8 Å². The van der Waals surface area contributed by atoms with Crippen LogP contribution in [-0.4, -0.2) is 101 Å². The van der Waals surface area contributed by atoms with Crippen molar-refractivity contribution in [3.8, 4) is 11.5 Å². The molecule has 1 aromatic rings. The molecule has 3 aliphatic heterocycles. The van der Waals surface area contributed by atoms with E-state index in [0.29, 0.717) is 37.7 Å². The summed E-state index contributed by atoms with van der Waals surface area (Å²) in [7, 11) is 0. The molecule has 4 amide bonds. The second-order valence-electron chi connectivity index (χ2n) is 7.79. The molecule has 0 aromatic heterocycles. The molecule has 172 valence electrons. The molecule has 10 nitrogen and oxygen atoms in total. The van der Waals surface area contributed by atoms with Crippen molar-refractivity contribution in [2.75, 3.05) is 51.6 Å². The lowest BCUT2D eigenvalue weighted by Crippen LogP contribution is -2.57. The van der Waals surface area contributed by atoms with E-state index in [0.717, 1.165) is 16.7 Å². The smallest absolute Gasteiger partial charge is 0.288 e. The SMILES string of the molecule is C[C@@H](C(=O)NCCN1C(=O)CSC1=O)N1CCN(C(=O)[C@H]2COc3ccccc3O2)CC1. The molecular formula is C21H26N4O6S. The zero-order valence-corrected chi connectivity index (χ0v) is 18.6. The molecule has 11 heteroatoms. The number of rotatable bonds is 6. The Morgan fingerprint density at radius 3 is 2.56 bits per heavy atom. The maximum Gasteiger partial charge on any atom is 0.288 e. The lowest BCUT2D eigenvalue weighted by molar-refractivity contribution is -0.143. The molecule has 0 radical (unpaired) electrons. The van der Waals surface area contributed by atoms with Gasteiger partial charge in [-0.2, -0.15) is 0 Å². The first kappa shape index (κ1) is 22.4. The number of fused-ring (bicyclic) bond motifs is 1. The molecule has 2 saturated heterocycles. The van der Waals surface area contributed by atoms with E-state index < -0.39 is 6.10 Å². The molecule has 3 aliphatic rings. The monoisotopic (exact) mass is 462 g/mol. The Hall–Kier alpha value is -2.79. The molecule has 32 heavy (non-hydrogen) atoms. The lowest BCUT2D eigenvalue weighted by atomic mass is 10.2. The standard InChI is InChI=1S/C21H26N4O6S/c1-14(19(27)22-6-7-25-18(26)13-32-21(25)29)23-8-10-24(11-9-23)20(28)17-12-30-15-4-2-3-5-16(15)31-17/h2-5,14,17H,6-13H2,1H3,(H,22,27)/t14-,17+/m0/s1.